The molecule has 0 spiro atoms. The Kier molecular flexibility index (Phi) is 5.30. The Labute approximate surface area is 127 Å². The molecule has 6 heteroatoms. The Balaban J connectivity index is 2.00. The van der Waals surface area contributed by atoms with Crippen molar-refractivity contribution in [2.45, 2.75) is 64.8 Å². The number of unbranched alkanes of at least 4 members (excludes halogenated alkanes) is 4. The van der Waals surface area contributed by atoms with Gasteiger partial charge in [-0.25, -0.2) is 13.1 Å². The van der Waals surface area contributed by atoms with Gasteiger partial charge in [-0.05, 0) is 26.2 Å². The summed E-state index contributed by atoms with van der Waals surface area (Å²) in [4.78, 5) is 0. The zero-order valence-corrected chi connectivity index (χ0v) is 14.0. The second-order valence-electron chi connectivity index (χ2n) is 6.12. The standard InChI is InChI=1S/C15H27N3O2S/c1-3-4-5-6-7-8-14-12(2)15(16)18(17-14)13-9-10-21(19,20)11-13/h13H,3-11,16H2,1-2H3. The maximum Gasteiger partial charge on any atom is 0.152 e. The normalized spacial score (nSPS) is 21.0. The van der Waals surface area contributed by atoms with Gasteiger partial charge in [0.15, 0.2) is 9.84 Å². The lowest BCUT2D eigenvalue weighted by molar-refractivity contribution is 0.499. The minimum absolute atomic E-state index is 0.0810. The lowest BCUT2D eigenvalue weighted by atomic mass is 10.1. The van der Waals surface area contributed by atoms with Crippen molar-refractivity contribution in [2.75, 3.05) is 17.2 Å². The van der Waals surface area contributed by atoms with Crippen LogP contribution in [0.4, 0.5) is 5.82 Å². The van der Waals surface area contributed by atoms with Gasteiger partial charge in [-0.1, -0.05) is 32.6 Å². The van der Waals surface area contributed by atoms with Crippen molar-refractivity contribution in [1.29, 1.82) is 0 Å². The van der Waals surface area contributed by atoms with Crippen molar-refractivity contribution in [2.24, 2.45) is 0 Å². The van der Waals surface area contributed by atoms with Crippen molar-refractivity contribution >= 4 is 15.7 Å². The summed E-state index contributed by atoms with van der Waals surface area (Å²) in [5.74, 6) is 1.07. The summed E-state index contributed by atoms with van der Waals surface area (Å²) in [6, 6.07) is -0.0810. The zero-order valence-electron chi connectivity index (χ0n) is 13.1. The van der Waals surface area contributed by atoms with Gasteiger partial charge in [0.05, 0.1) is 23.2 Å². The smallest absolute Gasteiger partial charge is 0.152 e. The highest BCUT2D eigenvalue weighted by Crippen LogP contribution is 2.28. The summed E-state index contributed by atoms with van der Waals surface area (Å²) in [5, 5.41) is 4.60. The number of nitrogens with two attached hydrogens (primary N) is 1. The van der Waals surface area contributed by atoms with E-state index in [4.69, 9.17) is 5.73 Å². The van der Waals surface area contributed by atoms with Gasteiger partial charge < -0.3 is 5.73 Å². The van der Waals surface area contributed by atoms with E-state index in [0.717, 1.165) is 24.1 Å². The Morgan fingerprint density at radius 3 is 2.62 bits per heavy atom. The van der Waals surface area contributed by atoms with Crippen molar-refractivity contribution < 1.29 is 8.42 Å². The topological polar surface area (TPSA) is 78.0 Å². The van der Waals surface area contributed by atoms with Crippen LogP contribution in [0.1, 0.15) is 62.7 Å². The lowest BCUT2D eigenvalue weighted by Gasteiger charge is -2.10. The first-order valence-corrected chi connectivity index (χ1v) is 9.80. The van der Waals surface area contributed by atoms with Crippen LogP contribution in [0, 0.1) is 6.92 Å². The SMILES string of the molecule is CCCCCCCc1nn(C2CCS(=O)(=O)C2)c(N)c1C. The maximum atomic E-state index is 11.6. The number of nitrogen functional groups attached to an aromatic ring is 1. The van der Waals surface area contributed by atoms with E-state index in [1.165, 1.54) is 25.7 Å². The monoisotopic (exact) mass is 313 g/mol. The third kappa shape index (κ3) is 3.99. The molecule has 2 N–H and O–H groups in total. The van der Waals surface area contributed by atoms with Crippen molar-refractivity contribution in [3.05, 3.63) is 11.3 Å². The molecule has 2 rings (SSSR count). The van der Waals surface area contributed by atoms with Crippen molar-refractivity contribution in [1.82, 2.24) is 9.78 Å². The molecule has 1 aliphatic rings. The van der Waals surface area contributed by atoms with Crippen LogP contribution in [-0.4, -0.2) is 29.7 Å². The van der Waals surface area contributed by atoms with Crippen LogP contribution < -0.4 is 5.73 Å². The molecule has 5 nitrogen and oxygen atoms in total. The predicted molar refractivity (Wildman–Crippen MR) is 86.1 cm³/mol. The number of sulfone groups is 1. The Hall–Kier alpha value is -1.04. The molecule has 0 radical (unpaired) electrons. The van der Waals surface area contributed by atoms with E-state index in [0.29, 0.717) is 12.2 Å². The Morgan fingerprint density at radius 1 is 1.29 bits per heavy atom. The minimum atomic E-state index is -2.91. The van der Waals surface area contributed by atoms with Gasteiger partial charge >= 0.3 is 0 Å². The third-order valence-corrected chi connectivity index (χ3v) is 6.11. The molecular formula is C15H27N3O2S. The van der Waals surface area contributed by atoms with Crippen molar-refractivity contribution in [3.63, 3.8) is 0 Å². The van der Waals surface area contributed by atoms with Crippen LogP contribution in [0.3, 0.4) is 0 Å². The largest absolute Gasteiger partial charge is 0.384 e. The van der Waals surface area contributed by atoms with Gasteiger partial charge in [-0.3, -0.25) is 0 Å². The number of rotatable bonds is 7. The first kappa shape index (κ1) is 16.3. The molecular weight excluding hydrogens is 286 g/mol. The average molecular weight is 313 g/mol. The van der Waals surface area contributed by atoms with Crippen LogP contribution in [0.15, 0.2) is 0 Å². The highest BCUT2D eigenvalue weighted by molar-refractivity contribution is 7.91. The number of nitrogens with zero attached hydrogens (tertiary/aromatic N) is 2. The van der Waals surface area contributed by atoms with Crippen LogP contribution in [0.5, 0.6) is 0 Å². The zero-order chi connectivity index (χ0) is 15.5. The molecule has 0 aromatic carbocycles. The molecule has 21 heavy (non-hydrogen) atoms. The van der Waals surface area contributed by atoms with Crippen LogP contribution in [-0.2, 0) is 16.3 Å². The fourth-order valence-corrected chi connectivity index (χ4v) is 4.65. The molecule has 2 heterocycles. The molecule has 1 unspecified atom stereocenters. The first-order chi connectivity index (χ1) is 9.94. The first-order valence-electron chi connectivity index (χ1n) is 7.98. The Morgan fingerprint density at radius 2 is 2.00 bits per heavy atom. The lowest BCUT2D eigenvalue weighted by Crippen LogP contribution is -2.15. The molecule has 0 amide bonds. The molecule has 1 fully saturated rings. The highest BCUT2D eigenvalue weighted by atomic mass is 32.2. The third-order valence-electron chi connectivity index (χ3n) is 4.36. The molecule has 1 saturated heterocycles. The fourth-order valence-electron chi connectivity index (χ4n) is 2.96. The summed E-state index contributed by atoms with van der Waals surface area (Å²) >= 11 is 0. The highest BCUT2D eigenvalue weighted by Gasteiger charge is 2.31. The molecule has 120 valence electrons. The van der Waals surface area contributed by atoms with Gasteiger partial charge in [0.1, 0.15) is 5.82 Å². The van der Waals surface area contributed by atoms with E-state index in [1.807, 2.05) is 6.92 Å². The predicted octanol–water partition coefficient (Wildman–Crippen LogP) is 2.65. The van der Waals surface area contributed by atoms with E-state index < -0.39 is 9.84 Å². The van der Waals surface area contributed by atoms with E-state index in [-0.39, 0.29) is 17.5 Å². The molecule has 0 bridgehead atoms. The summed E-state index contributed by atoms with van der Waals surface area (Å²) in [6.07, 6.45) is 7.72. The van der Waals surface area contributed by atoms with Gasteiger partial charge in [-0.2, -0.15) is 5.10 Å². The van der Waals surface area contributed by atoms with Crippen LogP contribution >= 0.6 is 0 Å². The quantitative estimate of drug-likeness (QED) is 0.785. The second-order valence-corrected chi connectivity index (χ2v) is 8.35. The number of aryl methyl sites for hydroxylation is 1. The maximum absolute atomic E-state index is 11.6. The Bertz CT molecular complexity index is 578. The summed E-state index contributed by atoms with van der Waals surface area (Å²) in [5.41, 5.74) is 8.19. The van der Waals surface area contributed by atoms with E-state index in [1.54, 1.807) is 4.68 Å². The van der Waals surface area contributed by atoms with E-state index in [2.05, 4.69) is 12.0 Å². The van der Waals surface area contributed by atoms with E-state index in [9.17, 15) is 8.42 Å². The number of aromatic nitrogens is 2. The van der Waals surface area contributed by atoms with Crippen LogP contribution in [0.25, 0.3) is 0 Å². The minimum Gasteiger partial charge on any atom is -0.384 e. The van der Waals surface area contributed by atoms with Crippen LogP contribution in [0.2, 0.25) is 0 Å². The van der Waals surface area contributed by atoms with Crippen molar-refractivity contribution in [3.8, 4) is 0 Å². The molecule has 1 atom stereocenters. The average Bonchev–Trinajstić information content (AvgIpc) is 2.92. The number of hydrogen-bond donors (Lipinski definition) is 1. The van der Waals surface area contributed by atoms with E-state index >= 15 is 0 Å². The second kappa shape index (κ2) is 6.81. The molecule has 0 aliphatic carbocycles. The van der Waals surface area contributed by atoms with Gasteiger partial charge in [-0.15, -0.1) is 0 Å². The summed E-state index contributed by atoms with van der Waals surface area (Å²) in [7, 11) is -2.91. The summed E-state index contributed by atoms with van der Waals surface area (Å²) in [6.45, 7) is 4.20. The molecule has 1 aliphatic heterocycles. The molecule has 0 saturated carbocycles. The fraction of sp³-hybridized carbons (Fsp3) is 0.800. The van der Waals surface area contributed by atoms with Gasteiger partial charge in [0, 0.05) is 5.56 Å². The molecule has 1 aromatic rings. The van der Waals surface area contributed by atoms with Gasteiger partial charge in [0.2, 0.25) is 0 Å². The number of anilines is 1. The summed E-state index contributed by atoms with van der Waals surface area (Å²) < 4.78 is 25.0. The molecule has 1 aromatic heterocycles. The number of hydrogen-bond acceptors (Lipinski definition) is 4. The van der Waals surface area contributed by atoms with Gasteiger partial charge in [0.25, 0.3) is 0 Å².